The van der Waals surface area contributed by atoms with Crippen molar-refractivity contribution in [3.05, 3.63) is 16.3 Å². The van der Waals surface area contributed by atoms with Crippen LogP contribution >= 0.6 is 11.3 Å². The van der Waals surface area contributed by atoms with Gasteiger partial charge in [-0.1, -0.05) is 0 Å². The van der Waals surface area contributed by atoms with E-state index in [0.717, 1.165) is 10.6 Å². The lowest BCUT2D eigenvalue weighted by Crippen LogP contribution is -2.42. The van der Waals surface area contributed by atoms with E-state index < -0.39 is 11.7 Å². The van der Waals surface area contributed by atoms with Crippen LogP contribution in [-0.2, 0) is 11.3 Å². The van der Waals surface area contributed by atoms with Crippen molar-refractivity contribution < 1.29 is 9.53 Å². The number of thiophene rings is 1. The molecular weight excluding hydrogens is 262 g/mol. The zero-order valence-electron chi connectivity index (χ0n) is 11.9. The molecule has 1 unspecified atom stereocenters. The largest absolute Gasteiger partial charge is 0.444 e. The van der Waals surface area contributed by atoms with Crippen LogP contribution in [0.25, 0.3) is 0 Å². The van der Waals surface area contributed by atoms with Gasteiger partial charge in [0.05, 0.1) is 0 Å². The van der Waals surface area contributed by atoms with E-state index in [1.54, 1.807) is 11.3 Å². The highest BCUT2D eigenvalue weighted by Crippen LogP contribution is 2.17. The molecule has 0 aliphatic rings. The summed E-state index contributed by atoms with van der Waals surface area (Å²) < 4.78 is 5.18. The number of rotatable bonds is 5. The molecule has 0 saturated heterocycles. The van der Waals surface area contributed by atoms with Crippen LogP contribution in [0.5, 0.6) is 0 Å². The lowest BCUT2D eigenvalue weighted by molar-refractivity contribution is 0.0508. The van der Waals surface area contributed by atoms with E-state index in [4.69, 9.17) is 10.5 Å². The van der Waals surface area contributed by atoms with E-state index >= 15 is 0 Å². The van der Waals surface area contributed by atoms with Crippen molar-refractivity contribution in [1.82, 2.24) is 10.6 Å². The van der Waals surface area contributed by atoms with Crippen LogP contribution in [0.4, 0.5) is 10.5 Å². The maximum Gasteiger partial charge on any atom is 0.407 e. The molecule has 0 radical (unpaired) electrons. The molecule has 0 saturated carbocycles. The van der Waals surface area contributed by atoms with Crippen LogP contribution < -0.4 is 16.4 Å². The highest BCUT2D eigenvalue weighted by Gasteiger charge is 2.17. The molecule has 4 N–H and O–H groups in total. The first-order valence-corrected chi connectivity index (χ1v) is 7.18. The quantitative estimate of drug-likeness (QED) is 0.776. The summed E-state index contributed by atoms with van der Waals surface area (Å²) in [4.78, 5) is 12.7. The highest BCUT2D eigenvalue weighted by molar-refractivity contribution is 7.10. The molecular formula is C13H23N3O2S. The van der Waals surface area contributed by atoms with Crippen molar-refractivity contribution in [2.45, 2.75) is 45.9 Å². The molecule has 0 bridgehead atoms. The average Bonchev–Trinajstić information content (AvgIpc) is 2.61. The van der Waals surface area contributed by atoms with Crippen molar-refractivity contribution in [3.8, 4) is 0 Å². The lowest BCUT2D eigenvalue weighted by atomic mass is 10.2. The van der Waals surface area contributed by atoms with E-state index in [1.807, 2.05) is 39.1 Å². The van der Waals surface area contributed by atoms with Gasteiger partial charge in [0.2, 0.25) is 0 Å². The number of ether oxygens (including phenoxy) is 1. The predicted molar refractivity (Wildman–Crippen MR) is 79.3 cm³/mol. The summed E-state index contributed by atoms with van der Waals surface area (Å²) in [5.41, 5.74) is 6.13. The Morgan fingerprint density at radius 2 is 2.21 bits per heavy atom. The summed E-state index contributed by atoms with van der Waals surface area (Å²) in [6.07, 6.45) is -0.391. The third-order valence-corrected chi connectivity index (χ3v) is 3.22. The topological polar surface area (TPSA) is 76.4 Å². The number of nitrogen functional groups attached to an aromatic ring is 1. The second kappa shape index (κ2) is 6.77. The minimum Gasteiger partial charge on any atom is -0.444 e. The Morgan fingerprint density at radius 3 is 2.74 bits per heavy atom. The fourth-order valence-corrected chi connectivity index (χ4v) is 2.22. The minimum absolute atomic E-state index is 0.00367. The van der Waals surface area contributed by atoms with Gasteiger partial charge in [-0.3, -0.25) is 0 Å². The summed E-state index contributed by atoms with van der Waals surface area (Å²) in [7, 11) is 0. The Kier molecular flexibility index (Phi) is 5.62. The molecule has 1 aromatic heterocycles. The third kappa shape index (κ3) is 6.45. The van der Waals surface area contributed by atoms with Crippen LogP contribution in [-0.4, -0.2) is 24.3 Å². The first-order valence-electron chi connectivity index (χ1n) is 6.30. The number of hydrogen-bond acceptors (Lipinski definition) is 5. The molecule has 0 spiro atoms. The standard InChI is InChI=1S/C13H23N3O2S/c1-9(16-12(17)18-13(2,3)4)7-15-8-11-10(14)5-6-19-11/h5-6,9,15H,7-8,14H2,1-4H3,(H,16,17). The van der Waals surface area contributed by atoms with Gasteiger partial charge in [-0.2, -0.15) is 0 Å². The van der Waals surface area contributed by atoms with E-state index in [0.29, 0.717) is 13.1 Å². The molecule has 19 heavy (non-hydrogen) atoms. The number of carbonyl (C=O) groups excluding carboxylic acids is 1. The maximum absolute atomic E-state index is 11.5. The van der Waals surface area contributed by atoms with Crippen molar-refractivity contribution in [2.75, 3.05) is 12.3 Å². The Balaban J connectivity index is 2.23. The first-order chi connectivity index (χ1) is 8.78. The lowest BCUT2D eigenvalue weighted by Gasteiger charge is -2.22. The van der Waals surface area contributed by atoms with Gasteiger partial charge in [0, 0.05) is 29.7 Å². The number of nitrogens with two attached hydrogens (primary N) is 1. The molecule has 0 fully saturated rings. The highest BCUT2D eigenvalue weighted by atomic mass is 32.1. The Labute approximate surface area is 118 Å². The molecule has 5 nitrogen and oxygen atoms in total. The van der Waals surface area contributed by atoms with Crippen LogP contribution in [0.1, 0.15) is 32.6 Å². The first kappa shape index (κ1) is 15.8. The van der Waals surface area contributed by atoms with Crippen LogP contribution in [0, 0.1) is 0 Å². The fraction of sp³-hybridized carbons (Fsp3) is 0.615. The van der Waals surface area contributed by atoms with Gasteiger partial charge in [-0.05, 0) is 39.1 Å². The number of hydrogen-bond donors (Lipinski definition) is 3. The SMILES string of the molecule is CC(CNCc1sccc1N)NC(=O)OC(C)(C)C. The Bertz CT molecular complexity index is 412. The van der Waals surface area contributed by atoms with E-state index in [-0.39, 0.29) is 6.04 Å². The zero-order chi connectivity index (χ0) is 14.5. The molecule has 108 valence electrons. The number of amides is 1. The monoisotopic (exact) mass is 285 g/mol. The molecule has 0 aromatic carbocycles. The summed E-state index contributed by atoms with van der Waals surface area (Å²) in [5.74, 6) is 0. The van der Waals surface area contributed by atoms with Crippen molar-refractivity contribution >= 4 is 23.1 Å². The van der Waals surface area contributed by atoms with Gasteiger partial charge < -0.3 is 21.1 Å². The molecule has 0 aliphatic heterocycles. The maximum atomic E-state index is 11.5. The minimum atomic E-state index is -0.470. The molecule has 1 atom stereocenters. The third-order valence-electron chi connectivity index (χ3n) is 2.28. The molecule has 1 aromatic rings. The number of carbonyl (C=O) groups is 1. The predicted octanol–water partition coefficient (Wildman–Crippen LogP) is 2.33. The summed E-state index contributed by atoms with van der Waals surface area (Å²) in [5, 5.41) is 8.00. The van der Waals surface area contributed by atoms with Gasteiger partial charge in [0.25, 0.3) is 0 Å². The zero-order valence-corrected chi connectivity index (χ0v) is 12.8. The van der Waals surface area contributed by atoms with Crippen molar-refractivity contribution in [3.63, 3.8) is 0 Å². The van der Waals surface area contributed by atoms with Gasteiger partial charge in [-0.25, -0.2) is 4.79 Å². The molecule has 1 rings (SSSR count). The number of anilines is 1. The number of nitrogens with one attached hydrogen (secondary N) is 2. The van der Waals surface area contributed by atoms with E-state index in [2.05, 4.69) is 10.6 Å². The summed E-state index contributed by atoms with van der Waals surface area (Å²) in [6.45, 7) is 8.83. The van der Waals surface area contributed by atoms with Gasteiger partial charge in [0.15, 0.2) is 0 Å². The molecule has 1 amide bonds. The second-order valence-electron chi connectivity index (χ2n) is 5.48. The van der Waals surface area contributed by atoms with Gasteiger partial charge >= 0.3 is 6.09 Å². The Morgan fingerprint density at radius 1 is 1.53 bits per heavy atom. The van der Waals surface area contributed by atoms with Crippen LogP contribution in [0.15, 0.2) is 11.4 Å². The summed E-state index contributed by atoms with van der Waals surface area (Å²) >= 11 is 1.62. The van der Waals surface area contributed by atoms with E-state index in [9.17, 15) is 4.79 Å². The van der Waals surface area contributed by atoms with Gasteiger partial charge in [0.1, 0.15) is 5.60 Å². The molecule has 0 aliphatic carbocycles. The number of alkyl carbamates (subject to hydrolysis) is 1. The summed E-state index contributed by atoms with van der Waals surface area (Å²) in [6, 6.07) is 1.89. The fourth-order valence-electron chi connectivity index (χ4n) is 1.46. The van der Waals surface area contributed by atoms with Crippen molar-refractivity contribution in [1.29, 1.82) is 0 Å². The Hall–Kier alpha value is -1.27. The smallest absolute Gasteiger partial charge is 0.407 e. The normalized spacial score (nSPS) is 13.1. The molecule has 1 heterocycles. The van der Waals surface area contributed by atoms with E-state index in [1.165, 1.54) is 0 Å². The second-order valence-corrected chi connectivity index (χ2v) is 6.48. The van der Waals surface area contributed by atoms with Crippen molar-refractivity contribution in [2.24, 2.45) is 0 Å². The van der Waals surface area contributed by atoms with Gasteiger partial charge in [-0.15, -0.1) is 11.3 Å². The average molecular weight is 285 g/mol. The molecule has 6 heteroatoms. The van der Waals surface area contributed by atoms with Crippen LogP contribution in [0.3, 0.4) is 0 Å². The van der Waals surface area contributed by atoms with Crippen LogP contribution in [0.2, 0.25) is 0 Å².